The van der Waals surface area contributed by atoms with Crippen molar-refractivity contribution in [3.63, 3.8) is 0 Å². The molecule has 0 fully saturated rings. The van der Waals surface area contributed by atoms with E-state index in [1.807, 2.05) is 85.3 Å². The summed E-state index contributed by atoms with van der Waals surface area (Å²) in [5.74, 6) is 0.464. The van der Waals surface area contributed by atoms with Crippen molar-refractivity contribution in [2.45, 2.75) is 25.5 Å². The first-order valence-corrected chi connectivity index (χ1v) is 13.5. The van der Waals surface area contributed by atoms with Crippen LogP contribution in [0.25, 0.3) is 22.2 Å². The normalized spacial score (nSPS) is 11.6. The lowest BCUT2D eigenvalue weighted by Gasteiger charge is -2.37. The van der Waals surface area contributed by atoms with Gasteiger partial charge in [-0.25, -0.2) is 9.67 Å². The third-order valence-electron chi connectivity index (χ3n) is 7.13. The number of ether oxygens (including phenoxy) is 1. The number of pyridine rings is 1. The van der Waals surface area contributed by atoms with Crippen molar-refractivity contribution in [1.82, 2.24) is 14.8 Å². The highest BCUT2D eigenvalue weighted by Gasteiger charge is 2.41. The maximum Gasteiger partial charge on any atom is 0.270 e. The fourth-order valence-electron chi connectivity index (χ4n) is 5.46. The summed E-state index contributed by atoms with van der Waals surface area (Å²) in [6.07, 6.45) is 1.61. The van der Waals surface area contributed by atoms with Crippen molar-refractivity contribution >= 4 is 16.6 Å². The number of nitro groups is 1. The number of non-ortho nitro benzene ring substituents is 1. The molecule has 2 aromatic heterocycles. The molecule has 0 saturated carbocycles. The van der Waals surface area contributed by atoms with Crippen LogP contribution < -0.4 is 4.74 Å². The van der Waals surface area contributed by atoms with Gasteiger partial charge in [0.15, 0.2) is 0 Å². The van der Waals surface area contributed by atoms with Gasteiger partial charge in [0.1, 0.15) is 11.2 Å². The number of hydrogen-bond donors (Lipinski definition) is 0. The van der Waals surface area contributed by atoms with Crippen LogP contribution in [0.3, 0.4) is 0 Å². The first-order chi connectivity index (χ1) is 20.0. The second-order valence-corrected chi connectivity index (χ2v) is 10.1. The van der Waals surface area contributed by atoms with Gasteiger partial charge in [-0.2, -0.15) is 5.10 Å². The van der Waals surface area contributed by atoms with Crippen LogP contribution in [0.1, 0.15) is 30.5 Å². The van der Waals surface area contributed by atoms with E-state index in [9.17, 15) is 10.1 Å². The van der Waals surface area contributed by atoms with Crippen LogP contribution in [0.15, 0.2) is 128 Å². The minimum Gasteiger partial charge on any atom is -0.475 e. The Hall–Kier alpha value is -5.30. The zero-order chi connectivity index (χ0) is 28.4. The molecule has 2 heterocycles. The second-order valence-electron chi connectivity index (χ2n) is 10.1. The highest BCUT2D eigenvalue weighted by atomic mass is 16.6. The van der Waals surface area contributed by atoms with E-state index in [1.165, 1.54) is 6.07 Å². The SMILES string of the molecule is CC(C)Oc1cc(-c2nn(C(c3ccccc3)(c3ccccc3)c3ccccc3)c3ccc([N+](=O)[O-])cc23)ccn1. The standard InChI is InChI=1S/C34H28N4O3/c1-24(2)41-32-22-25(20-21-35-32)33-30-23-29(38(39)40)18-19-31(30)37(36-33)34(26-12-6-3-7-13-26,27-14-8-4-9-15-27)28-16-10-5-11-17-28/h3-24H,1-2H3. The number of fused-ring (bicyclic) bond motifs is 1. The van der Waals surface area contributed by atoms with Gasteiger partial charge in [-0.05, 0) is 42.7 Å². The molecule has 6 rings (SSSR count). The number of hydrogen-bond acceptors (Lipinski definition) is 5. The van der Waals surface area contributed by atoms with Crippen LogP contribution in [0.2, 0.25) is 0 Å². The summed E-state index contributed by atoms with van der Waals surface area (Å²) in [5, 5.41) is 17.8. The van der Waals surface area contributed by atoms with E-state index in [-0.39, 0.29) is 16.7 Å². The van der Waals surface area contributed by atoms with Gasteiger partial charge in [0.25, 0.3) is 5.69 Å². The Labute approximate surface area is 237 Å². The van der Waals surface area contributed by atoms with Gasteiger partial charge in [-0.3, -0.25) is 10.1 Å². The van der Waals surface area contributed by atoms with Crippen molar-refractivity contribution < 1.29 is 9.66 Å². The van der Waals surface area contributed by atoms with E-state index in [2.05, 4.69) is 41.4 Å². The highest BCUT2D eigenvalue weighted by Crippen LogP contribution is 2.44. The summed E-state index contributed by atoms with van der Waals surface area (Å²) in [4.78, 5) is 15.9. The number of rotatable bonds is 8. The van der Waals surface area contributed by atoms with Gasteiger partial charge in [-0.15, -0.1) is 0 Å². The van der Waals surface area contributed by atoms with E-state index in [4.69, 9.17) is 9.84 Å². The minimum absolute atomic E-state index is 0.00394. The summed E-state index contributed by atoms with van der Waals surface area (Å²) < 4.78 is 7.88. The van der Waals surface area contributed by atoms with Crippen molar-refractivity contribution in [3.8, 4) is 17.1 Å². The number of benzene rings is 4. The topological polar surface area (TPSA) is 83.1 Å². The quantitative estimate of drug-likeness (QED) is 0.113. The van der Waals surface area contributed by atoms with E-state index in [0.717, 1.165) is 27.8 Å². The van der Waals surface area contributed by atoms with Crippen molar-refractivity contribution in [2.24, 2.45) is 0 Å². The van der Waals surface area contributed by atoms with Crippen LogP contribution in [0, 0.1) is 10.1 Å². The second kappa shape index (κ2) is 10.7. The molecule has 0 aliphatic carbocycles. The van der Waals surface area contributed by atoms with E-state index in [0.29, 0.717) is 17.0 Å². The molecule has 0 N–H and O–H groups in total. The molecule has 0 aliphatic heterocycles. The molecule has 0 bridgehead atoms. The van der Waals surface area contributed by atoms with Gasteiger partial charge in [0, 0.05) is 35.3 Å². The van der Waals surface area contributed by atoms with Crippen LogP contribution >= 0.6 is 0 Å². The van der Waals surface area contributed by atoms with E-state index >= 15 is 0 Å². The van der Waals surface area contributed by atoms with E-state index < -0.39 is 5.54 Å². The predicted molar refractivity (Wildman–Crippen MR) is 160 cm³/mol. The highest BCUT2D eigenvalue weighted by molar-refractivity contribution is 5.95. The molecule has 0 spiro atoms. The molecule has 0 saturated heterocycles. The van der Waals surface area contributed by atoms with Gasteiger partial charge >= 0.3 is 0 Å². The van der Waals surface area contributed by atoms with Crippen molar-refractivity contribution in [1.29, 1.82) is 0 Å². The Bertz CT molecular complexity index is 1720. The van der Waals surface area contributed by atoms with Crippen molar-refractivity contribution in [3.05, 3.63) is 154 Å². The smallest absolute Gasteiger partial charge is 0.270 e. The zero-order valence-electron chi connectivity index (χ0n) is 22.7. The van der Waals surface area contributed by atoms with Gasteiger partial charge in [0.05, 0.1) is 16.5 Å². The first kappa shape index (κ1) is 26.0. The summed E-state index contributed by atoms with van der Waals surface area (Å²) >= 11 is 0. The van der Waals surface area contributed by atoms with Crippen LogP contribution in [0.5, 0.6) is 5.88 Å². The van der Waals surface area contributed by atoms with Crippen LogP contribution in [-0.4, -0.2) is 25.8 Å². The lowest BCUT2D eigenvalue weighted by Crippen LogP contribution is -2.38. The Balaban J connectivity index is 1.75. The Morgan fingerprint density at radius 1 is 0.780 bits per heavy atom. The first-order valence-electron chi connectivity index (χ1n) is 13.5. The molecule has 41 heavy (non-hydrogen) atoms. The summed E-state index contributed by atoms with van der Waals surface area (Å²) in [6, 6.07) is 39.3. The largest absolute Gasteiger partial charge is 0.475 e. The van der Waals surface area contributed by atoms with Gasteiger partial charge in [-0.1, -0.05) is 91.0 Å². The molecule has 202 valence electrons. The van der Waals surface area contributed by atoms with Crippen molar-refractivity contribution in [2.75, 3.05) is 0 Å². The maximum atomic E-state index is 11.9. The molecule has 0 radical (unpaired) electrons. The van der Waals surface area contributed by atoms with Gasteiger partial charge < -0.3 is 4.74 Å². The number of nitrogens with zero attached hydrogens (tertiary/aromatic N) is 4. The Morgan fingerprint density at radius 2 is 1.34 bits per heavy atom. The van der Waals surface area contributed by atoms with Crippen LogP contribution in [-0.2, 0) is 5.54 Å². The average molecular weight is 541 g/mol. The molecule has 6 aromatic rings. The molecule has 7 nitrogen and oxygen atoms in total. The van der Waals surface area contributed by atoms with Crippen LogP contribution in [0.4, 0.5) is 5.69 Å². The third kappa shape index (κ3) is 4.61. The predicted octanol–water partition coefficient (Wildman–Crippen LogP) is 7.63. The molecule has 4 aromatic carbocycles. The molecule has 0 amide bonds. The average Bonchev–Trinajstić information content (AvgIpc) is 3.38. The summed E-state index contributed by atoms with van der Waals surface area (Å²) in [7, 11) is 0. The van der Waals surface area contributed by atoms with Gasteiger partial charge in [0.2, 0.25) is 5.88 Å². The Kier molecular flexibility index (Phi) is 6.77. The molecular weight excluding hydrogens is 512 g/mol. The third-order valence-corrected chi connectivity index (χ3v) is 7.13. The molecule has 7 heteroatoms. The molecule has 0 aliphatic rings. The number of nitro benzene ring substituents is 1. The maximum absolute atomic E-state index is 11.9. The monoisotopic (exact) mass is 540 g/mol. The molecule has 0 atom stereocenters. The van der Waals surface area contributed by atoms with E-state index in [1.54, 1.807) is 18.3 Å². The lowest BCUT2D eigenvalue weighted by molar-refractivity contribution is -0.384. The number of aromatic nitrogens is 3. The zero-order valence-corrected chi connectivity index (χ0v) is 22.7. The summed E-state index contributed by atoms with van der Waals surface area (Å²) in [6.45, 7) is 3.88. The Morgan fingerprint density at radius 3 is 1.85 bits per heavy atom. The molecular formula is C34H28N4O3. The summed E-state index contributed by atoms with van der Waals surface area (Å²) in [5.41, 5.74) is 4.23. The fraction of sp³-hybridized carbons (Fsp3) is 0.118. The fourth-order valence-corrected chi connectivity index (χ4v) is 5.46. The minimum atomic E-state index is -0.888. The molecule has 0 unspecified atom stereocenters. The lowest BCUT2D eigenvalue weighted by atomic mass is 9.77.